The number of hydrogen-bond acceptors (Lipinski definition) is 7. The van der Waals surface area contributed by atoms with E-state index in [9.17, 15) is 14.4 Å². The van der Waals surface area contributed by atoms with Gasteiger partial charge in [-0.3, -0.25) is 19.9 Å². The number of rotatable bonds is 8. The molecule has 1 aliphatic rings. The number of ether oxygens (including phenoxy) is 1. The smallest absolute Gasteiger partial charge is 0.404 e. The second kappa shape index (κ2) is 16.4. The van der Waals surface area contributed by atoms with E-state index in [1.54, 1.807) is 0 Å². The number of carboxylic acids is 1. The minimum absolute atomic E-state index is 0.0464. The monoisotopic (exact) mass is 524 g/mol. The van der Waals surface area contributed by atoms with Gasteiger partial charge in [0.1, 0.15) is 18.0 Å². The maximum Gasteiger partial charge on any atom is 0.404 e. The van der Waals surface area contributed by atoms with Gasteiger partial charge in [-0.1, -0.05) is 50.2 Å². The van der Waals surface area contributed by atoms with Crippen LogP contribution in [0.4, 0.5) is 4.79 Å². The number of nitrogens with two attached hydrogens (primary N) is 1. The molecule has 204 valence electrons. The molecule has 0 spiro atoms. The van der Waals surface area contributed by atoms with Gasteiger partial charge in [0.05, 0.1) is 6.42 Å². The number of amides is 2. The van der Waals surface area contributed by atoms with Crippen LogP contribution in [-0.2, 0) is 33.8 Å². The van der Waals surface area contributed by atoms with Crippen LogP contribution in [0.15, 0.2) is 64.0 Å². The van der Waals surface area contributed by atoms with Crippen molar-refractivity contribution < 1.29 is 28.6 Å². The van der Waals surface area contributed by atoms with Crippen molar-refractivity contribution in [3.8, 4) is 0 Å². The zero-order chi connectivity index (χ0) is 27.8. The molecule has 4 rings (SSSR count). The van der Waals surface area contributed by atoms with E-state index < -0.39 is 12.1 Å². The molecule has 0 radical (unpaired) electrons. The third-order valence-corrected chi connectivity index (χ3v) is 5.24. The van der Waals surface area contributed by atoms with E-state index in [0.29, 0.717) is 31.0 Å². The molecule has 10 nitrogen and oxygen atoms in total. The number of nitrogens with one attached hydrogen (secondary N) is 2. The number of fused-ring (bicyclic) bond motifs is 1. The Morgan fingerprint density at radius 3 is 2.47 bits per heavy atom. The van der Waals surface area contributed by atoms with Crippen LogP contribution in [0, 0.1) is 0 Å². The van der Waals surface area contributed by atoms with E-state index >= 15 is 0 Å². The van der Waals surface area contributed by atoms with Crippen LogP contribution >= 0.6 is 0 Å². The molecule has 10 heteroatoms. The minimum atomic E-state index is -0.843. The lowest BCUT2D eigenvalue weighted by Crippen LogP contribution is -2.43. The molecule has 0 aliphatic carbocycles. The molecular formula is C28H36N4O6. The number of aryl methyl sites for hydroxylation is 2. The normalized spacial score (nSPS) is 12.0. The van der Waals surface area contributed by atoms with Crippen molar-refractivity contribution in [2.75, 3.05) is 13.1 Å². The van der Waals surface area contributed by atoms with Crippen molar-refractivity contribution in [2.24, 2.45) is 10.7 Å². The van der Waals surface area contributed by atoms with Crippen LogP contribution in [0.3, 0.4) is 0 Å². The highest BCUT2D eigenvalue weighted by Crippen LogP contribution is 2.22. The molecule has 2 heterocycles. The number of nitrogens with zero attached hydrogens (tertiary/aromatic N) is 1. The van der Waals surface area contributed by atoms with Crippen LogP contribution in [0.25, 0.3) is 11.0 Å². The van der Waals surface area contributed by atoms with E-state index in [0.717, 1.165) is 41.6 Å². The zero-order valence-corrected chi connectivity index (χ0v) is 21.9. The number of carboxylic acid groups (broad SMARTS) is 1. The first kappa shape index (κ1) is 29.9. The maximum atomic E-state index is 12.0. The van der Waals surface area contributed by atoms with Gasteiger partial charge in [-0.2, -0.15) is 0 Å². The first-order chi connectivity index (χ1) is 18.4. The van der Waals surface area contributed by atoms with E-state index in [4.69, 9.17) is 15.3 Å². The summed E-state index contributed by atoms with van der Waals surface area (Å²) in [6, 6.07) is 17.0. The van der Waals surface area contributed by atoms with Gasteiger partial charge in [-0.05, 0) is 42.2 Å². The SMILES string of the molecule is CC.NC(=O)OCc1ccccc1.O=C(O)CCc1cc2cc(CCC(=O)NC3=NCCCN3)ccc2o1. The number of carbonyl (C=O) groups excluding carboxylic acids is 2. The minimum Gasteiger partial charge on any atom is -0.481 e. The summed E-state index contributed by atoms with van der Waals surface area (Å²) in [6.07, 6.45) is 1.65. The Morgan fingerprint density at radius 2 is 1.82 bits per heavy atom. The summed E-state index contributed by atoms with van der Waals surface area (Å²) < 4.78 is 10.2. The average molecular weight is 525 g/mol. The largest absolute Gasteiger partial charge is 0.481 e. The van der Waals surface area contributed by atoms with Crippen LogP contribution < -0.4 is 16.4 Å². The Labute approximate surface area is 222 Å². The summed E-state index contributed by atoms with van der Waals surface area (Å²) in [5.74, 6) is 0.310. The number of primary amides is 1. The Balaban J connectivity index is 0.000000327. The predicted octanol–water partition coefficient (Wildman–Crippen LogP) is 4.16. The first-order valence-electron chi connectivity index (χ1n) is 12.7. The fourth-order valence-electron chi connectivity index (χ4n) is 3.45. The molecular weight excluding hydrogens is 488 g/mol. The van der Waals surface area contributed by atoms with Gasteiger partial charge in [0.2, 0.25) is 5.91 Å². The number of benzene rings is 2. The van der Waals surface area contributed by atoms with Crippen LogP contribution in [0.2, 0.25) is 0 Å². The molecule has 2 amide bonds. The summed E-state index contributed by atoms with van der Waals surface area (Å²) in [7, 11) is 0. The first-order valence-corrected chi connectivity index (χ1v) is 12.7. The van der Waals surface area contributed by atoms with Crippen molar-refractivity contribution in [2.45, 2.75) is 52.6 Å². The number of hydrogen-bond donors (Lipinski definition) is 4. The Morgan fingerprint density at radius 1 is 1.05 bits per heavy atom. The lowest BCUT2D eigenvalue weighted by molar-refractivity contribution is -0.137. The second-order valence-corrected chi connectivity index (χ2v) is 8.13. The standard InChI is InChI=1S/C18H21N3O4.C8H9NO2.C2H6/c22-16(21-18-19-8-1-9-20-18)6-3-12-2-5-15-13(10-12)11-14(25-15)4-7-17(23)24;9-8(10)11-6-7-4-2-1-3-5-7;1-2/h2,5,10-11H,1,3-4,6-9H2,(H,23,24)(H2,19,20,21,22);1-5H,6H2,(H2,9,10);1-2H3. The van der Waals surface area contributed by atoms with Crippen LogP contribution in [-0.4, -0.2) is 42.1 Å². The second-order valence-electron chi connectivity index (χ2n) is 8.13. The van der Waals surface area contributed by atoms with Crippen molar-refractivity contribution in [1.29, 1.82) is 0 Å². The third kappa shape index (κ3) is 11.2. The Kier molecular flexibility index (Phi) is 12.9. The predicted molar refractivity (Wildman–Crippen MR) is 146 cm³/mol. The number of aliphatic imine (C=N–C) groups is 1. The van der Waals surface area contributed by atoms with Gasteiger partial charge < -0.3 is 25.3 Å². The topological polar surface area (TPSA) is 156 Å². The molecule has 0 fully saturated rings. The third-order valence-electron chi connectivity index (χ3n) is 5.24. The number of aliphatic carboxylic acids is 1. The fraction of sp³-hybridized carbons (Fsp3) is 0.357. The molecule has 2 aromatic carbocycles. The molecule has 5 N–H and O–H groups in total. The maximum absolute atomic E-state index is 12.0. The molecule has 38 heavy (non-hydrogen) atoms. The summed E-state index contributed by atoms with van der Waals surface area (Å²) in [5, 5.41) is 15.5. The van der Waals surface area contributed by atoms with E-state index in [1.165, 1.54) is 0 Å². The average Bonchev–Trinajstić information content (AvgIpc) is 3.35. The van der Waals surface area contributed by atoms with Gasteiger partial charge in [0.25, 0.3) is 0 Å². The van der Waals surface area contributed by atoms with Crippen molar-refractivity contribution in [3.05, 3.63) is 71.5 Å². The van der Waals surface area contributed by atoms with Crippen molar-refractivity contribution in [1.82, 2.24) is 10.6 Å². The molecule has 1 aromatic heterocycles. The van der Waals surface area contributed by atoms with Gasteiger partial charge in [0, 0.05) is 31.3 Å². The highest BCUT2D eigenvalue weighted by atomic mass is 16.5. The quantitative estimate of drug-likeness (QED) is 0.345. The summed E-state index contributed by atoms with van der Waals surface area (Å²) in [4.78, 5) is 37.0. The molecule has 0 bridgehead atoms. The van der Waals surface area contributed by atoms with Crippen molar-refractivity contribution >= 4 is 34.9 Å². The molecule has 3 aromatic rings. The summed E-state index contributed by atoms with van der Waals surface area (Å²) in [6.45, 7) is 5.82. The lowest BCUT2D eigenvalue weighted by Gasteiger charge is -2.14. The van der Waals surface area contributed by atoms with Crippen LogP contribution in [0.1, 0.15) is 50.0 Å². The van der Waals surface area contributed by atoms with E-state index in [1.807, 2.05) is 68.4 Å². The summed E-state index contributed by atoms with van der Waals surface area (Å²) in [5.41, 5.74) is 7.48. The highest BCUT2D eigenvalue weighted by Gasteiger charge is 2.10. The lowest BCUT2D eigenvalue weighted by atomic mass is 10.1. The van der Waals surface area contributed by atoms with E-state index in [2.05, 4.69) is 20.4 Å². The number of guanidine groups is 1. The van der Waals surface area contributed by atoms with Gasteiger partial charge in [0.15, 0.2) is 5.96 Å². The molecule has 0 atom stereocenters. The molecule has 0 saturated carbocycles. The fourth-order valence-corrected chi connectivity index (χ4v) is 3.45. The Hall–Kier alpha value is -4.34. The zero-order valence-electron chi connectivity index (χ0n) is 21.9. The van der Waals surface area contributed by atoms with Crippen LogP contribution in [0.5, 0.6) is 0 Å². The molecule has 0 unspecified atom stereocenters. The van der Waals surface area contributed by atoms with E-state index in [-0.39, 0.29) is 18.9 Å². The molecule has 0 saturated heterocycles. The van der Waals surface area contributed by atoms with Gasteiger partial charge in [-0.25, -0.2) is 4.79 Å². The van der Waals surface area contributed by atoms with Crippen molar-refractivity contribution in [3.63, 3.8) is 0 Å². The number of furan rings is 1. The van der Waals surface area contributed by atoms with Gasteiger partial charge in [-0.15, -0.1) is 0 Å². The Bertz CT molecular complexity index is 1210. The number of carbonyl (C=O) groups is 3. The highest BCUT2D eigenvalue weighted by molar-refractivity contribution is 5.97. The summed E-state index contributed by atoms with van der Waals surface area (Å²) >= 11 is 0. The molecule has 1 aliphatic heterocycles. The van der Waals surface area contributed by atoms with Gasteiger partial charge >= 0.3 is 12.1 Å².